The fourth-order valence-electron chi connectivity index (χ4n) is 1.36. The molecule has 0 aliphatic carbocycles. The van der Waals surface area contributed by atoms with Crippen molar-refractivity contribution in [1.29, 1.82) is 0 Å². The van der Waals surface area contributed by atoms with Crippen LogP contribution >= 0.6 is 11.9 Å². The van der Waals surface area contributed by atoms with Crippen LogP contribution in [0.4, 0.5) is 5.69 Å². The normalized spacial score (nSPS) is 17.5. The van der Waals surface area contributed by atoms with Gasteiger partial charge in [-0.1, -0.05) is 12.1 Å². The van der Waals surface area contributed by atoms with Crippen LogP contribution in [0.3, 0.4) is 0 Å². The number of fused-ring (bicyclic) bond motifs is 3. The number of para-hydroxylation sites is 1. The molecule has 0 bridgehead atoms. The summed E-state index contributed by atoms with van der Waals surface area (Å²) in [6, 6.07) is 8.26. The molecule has 0 aromatic heterocycles. The zero-order valence-electron chi connectivity index (χ0n) is 6.77. The Labute approximate surface area is 81.2 Å². The number of hydrogen-bond acceptors (Lipinski definition) is 3. The van der Waals surface area contributed by atoms with Crippen LogP contribution in [-0.4, -0.2) is 4.41 Å². The van der Waals surface area contributed by atoms with Crippen LogP contribution in [0.25, 0.3) is 0 Å². The minimum absolute atomic E-state index is 1.17. The highest BCUT2D eigenvalue weighted by atomic mass is 32.2. The van der Waals surface area contributed by atoms with Crippen LogP contribution < -0.4 is 5.01 Å². The molecule has 13 heavy (non-hydrogen) atoms. The molecule has 2 radical (unpaired) electrons. The van der Waals surface area contributed by atoms with Crippen molar-refractivity contribution >= 4 is 17.6 Å². The number of anilines is 1. The van der Waals surface area contributed by atoms with Crippen molar-refractivity contribution in [3.05, 3.63) is 48.8 Å². The van der Waals surface area contributed by atoms with Gasteiger partial charge in [-0.2, -0.15) is 0 Å². The number of hydrazine groups is 1. The highest BCUT2D eigenvalue weighted by molar-refractivity contribution is 7.97. The van der Waals surface area contributed by atoms with Crippen LogP contribution in [0.5, 0.6) is 0 Å². The summed E-state index contributed by atoms with van der Waals surface area (Å²) in [5, 5.41) is 1.96. The minimum Gasteiger partial charge on any atom is -0.240 e. The molecule has 0 spiro atoms. The fraction of sp³-hybridized carbons (Fsp3) is 0. The molecule has 0 atom stereocenters. The maximum absolute atomic E-state index is 3.04. The summed E-state index contributed by atoms with van der Waals surface area (Å²) in [5.74, 6) is 0. The Bertz CT molecular complexity index is 398. The van der Waals surface area contributed by atoms with Crippen molar-refractivity contribution in [2.24, 2.45) is 0 Å². The molecule has 62 valence electrons. The summed E-state index contributed by atoms with van der Waals surface area (Å²) in [5.41, 5.74) is 1.17. The van der Waals surface area contributed by atoms with E-state index in [0.717, 1.165) is 0 Å². The Balaban J connectivity index is 2.12. The fourth-order valence-corrected chi connectivity index (χ4v) is 2.28. The molecule has 0 saturated heterocycles. The van der Waals surface area contributed by atoms with E-state index >= 15 is 0 Å². The molecular formula is C10H6N2S. The van der Waals surface area contributed by atoms with Gasteiger partial charge in [0.15, 0.2) is 0 Å². The van der Waals surface area contributed by atoms with Crippen LogP contribution in [0.2, 0.25) is 0 Å². The second-order valence-corrected chi connectivity index (χ2v) is 3.74. The third-order valence-electron chi connectivity index (χ3n) is 1.94. The summed E-state index contributed by atoms with van der Waals surface area (Å²) in [6.07, 6.45) is 9.81. The molecule has 0 fully saturated rings. The Hall–Kier alpha value is -1.35. The SMILES string of the molecule is [C]1=[C]N2c3ccccc3SN2C=C1. The quantitative estimate of drug-likeness (QED) is 0.574. The van der Waals surface area contributed by atoms with E-state index < -0.39 is 0 Å². The maximum atomic E-state index is 3.04. The van der Waals surface area contributed by atoms with Gasteiger partial charge >= 0.3 is 0 Å². The highest BCUT2D eigenvalue weighted by Crippen LogP contribution is 2.42. The van der Waals surface area contributed by atoms with Crippen LogP contribution in [-0.2, 0) is 0 Å². The second kappa shape index (κ2) is 2.57. The maximum Gasteiger partial charge on any atom is 0.0985 e. The lowest BCUT2D eigenvalue weighted by molar-refractivity contribution is 0.624. The average molecular weight is 186 g/mol. The molecule has 2 aliphatic heterocycles. The van der Waals surface area contributed by atoms with Crippen molar-refractivity contribution < 1.29 is 0 Å². The summed E-state index contributed by atoms with van der Waals surface area (Å²) >= 11 is 1.69. The summed E-state index contributed by atoms with van der Waals surface area (Å²) < 4.78 is 2.03. The topological polar surface area (TPSA) is 6.48 Å². The van der Waals surface area contributed by atoms with Crippen molar-refractivity contribution in [1.82, 2.24) is 4.41 Å². The van der Waals surface area contributed by atoms with E-state index in [1.807, 2.05) is 33.8 Å². The lowest BCUT2D eigenvalue weighted by Gasteiger charge is -2.24. The van der Waals surface area contributed by atoms with E-state index in [1.165, 1.54) is 10.6 Å². The van der Waals surface area contributed by atoms with Crippen molar-refractivity contribution in [3.63, 3.8) is 0 Å². The predicted molar refractivity (Wildman–Crippen MR) is 52.2 cm³/mol. The van der Waals surface area contributed by atoms with Crippen molar-refractivity contribution in [2.45, 2.75) is 4.90 Å². The number of hydrogen-bond donors (Lipinski definition) is 0. The van der Waals surface area contributed by atoms with E-state index in [-0.39, 0.29) is 0 Å². The molecule has 0 amide bonds. The van der Waals surface area contributed by atoms with E-state index in [9.17, 15) is 0 Å². The molecule has 2 nitrogen and oxygen atoms in total. The Morgan fingerprint density at radius 3 is 3.15 bits per heavy atom. The monoisotopic (exact) mass is 186 g/mol. The second-order valence-electron chi connectivity index (χ2n) is 2.75. The van der Waals surface area contributed by atoms with Gasteiger partial charge in [0.2, 0.25) is 0 Å². The molecule has 0 unspecified atom stereocenters. The zero-order valence-corrected chi connectivity index (χ0v) is 7.58. The van der Waals surface area contributed by atoms with Gasteiger partial charge < -0.3 is 0 Å². The lowest BCUT2D eigenvalue weighted by atomic mass is 10.3. The predicted octanol–water partition coefficient (Wildman–Crippen LogP) is 2.38. The lowest BCUT2D eigenvalue weighted by Crippen LogP contribution is -2.26. The third-order valence-corrected chi connectivity index (χ3v) is 2.95. The van der Waals surface area contributed by atoms with Gasteiger partial charge in [0.25, 0.3) is 0 Å². The molecule has 2 aliphatic rings. The summed E-state index contributed by atoms with van der Waals surface area (Å²) in [6.45, 7) is 0. The first-order chi connectivity index (χ1) is 6.45. The average Bonchev–Trinajstić information content (AvgIpc) is 2.56. The van der Waals surface area contributed by atoms with Gasteiger partial charge in [-0.15, -0.1) is 0 Å². The van der Waals surface area contributed by atoms with Crippen molar-refractivity contribution in [2.75, 3.05) is 5.01 Å². The van der Waals surface area contributed by atoms with E-state index in [0.29, 0.717) is 0 Å². The van der Waals surface area contributed by atoms with E-state index in [1.54, 1.807) is 11.9 Å². The highest BCUT2D eigenvalue weighted by Gasteiger charge is 2.25. The Kier molecular flexibility index (Phi) is 1.40. The standard InChI is InChI=1S/C10H6N2S/c1-2-6-10-9(5-1)11-7-3-4-8-12(11)13-10/h1-2,4-6,8H. The molecular weight excluding hydrogens is 180 g/mol. The van der Waals surface area contributed by atoms with Gasteiger partial charge in [-0.05, 0) is 18.2 Å². The third kappa shape index (κ3) is 0.971. The first kappa shape index (κ1) is 7.09. The molecule has 3 rings (SSSR count). The molecule has 0 N–H and O–H groups in total. The molecule has 2 heterocycles. The largest absolute Gasteiger partial charge is 0.240 e. The molecule has 1 aromatic rings. The zero-order chi connectivity index (χ0) is 8.67. The Morgan fingerprint density at radius 1 is 1.23 bits per heavy atom. The van der Waals surface area contributed by atoms with Gasteiger partial charge in [0.1, 0.15) is 0 Å². The number of benzene rings is 1. The van der Waals surface area contributed by atoms with Gasteiger partial charge in [0.05, 0.1) is 16.8 Å². The number of rotatable bonds is 0. The van der Waals surface area contributed by atoms with Gasteiger partial charge in [-0.3, -0.25) is 0 Å². The number of allylic oxidation sites excluding steroid dienone is 2. The number of nitrogens with zero attached hydrogens (tertiary/aromatic N) is 2. The van der Waals surface area contributed by atoms with Crippen LogP contribution in [0.15, 0.2) is 41.4 Å². The molecule has 3 heteroatoms. The Morgan fingerprint density at radius 2 is 2.15 bits per heavy atom. The first-order valence-electron chi connectivity index (χ1n) is 3.99. The van der Waals surface area contributed by atoms with Crippen molar-refractivity contribution in [3.8, 4) is 0 Å². The van der Waals surface area contributed by atoms with E-state index in [2.05, 4.69) is 24.4 Å². The van der Waals surface area contributed by atoms with Gasteiger partial charge in [0, 0.05) is 24.2 Å². The van der Waals surface area contributed by atoms with Crippen LogP contribution in [0.1, 0.15) is 0 Å². The van der Waals surface area contributed by atoms with Crippen LogP contribution in [0, 0.1) is 12.3 Å². The van der Waals surface area contributed by atoms with E-state index in [4.69, 9.17) is 0 Å². The minimum atomic E-state index is 1.17. The summed E-state index contributed by atoms with van der Waals surface area (Å²) in [7, 11) is 0. The molecule has 1 aromatic carbocycles. The molecule has 0 saturated carbocycles. The summed E-state index contributed by atoms with van der Waals surface area (Å²) in [4.78, 5) is 1.25. The smallest absolute Gasteiger partial charge is 0.0985 e. The first-order valence-corrected chi connectivity index (χ1v) is 4.76. The van der Waals surface area contributed by atoms with Gasteiger partial charge in [-0.25, -0.2) is 9.42 Å².